The van der Waals surface area contributed by atoms with Gasteiger partial charge in [-0.15, -0.1) is 0 Å². The third kappa shape index (κ3) is 3.11. The number of imidazole rings is 1. The minimum absolute atomic E-state index is 0.318. The van der Waals surface area contributed by atoms with Crippen molar-refractivity contribution in [3.05, 3.63) is 18.2 Å². The summed E-state index contributed by atoms with van der Waals surface area (Å²) in [6.45, 7) is 6.38. The summed E-state index contributed by atoms with van der Waals surface area (Å²) in [6, 6.07) is 6.59. The van der Waals surface area contributed by atoms with E-state index in [4.69, 9.17) is 9.15 Å². The predicted molar refractivity (Wildman–Crippen MR) is 95.4 cm³/mol. The number of H-pyrrole nitrogens is 1. The van der Waals surface area contributed by atoms with Gasteiger partial charge in [0.15, 0.2) is 0 Å². The highest BCUT2D eigenvalue weighted by Gasteiger charge is 2.25. The minimum Gasteiger partial charge on any atom is -0.494 e. The molecule has 0 amide bonds. The quantitative estimate of drug-likeness (QED) is 0.752. The number of nitrogens with one attached hydrogen (secondary N) is 2. The molecule has 3 heterocycles. The Labute approximate surface area is 145 Å². The number of fused-ring (bicyclic) bond motifs is 1. The molecule has 1 fully saturated rings. The molecule has 8 heteroatoms. The number of anilines is 3. The normalized spacial score (nSPS) is 20.8. The highest BCUT2D eigenvalue weighted by Crippen LogP contribution is 2.28. The van der Waals surface area contributed by atoms with Gasteiger partial charge in [0, 0.05) is 13.1 Å². The molecule has 2 N–H and O–H groups in total. The standard InChI is InChI=1S/C17H22N6O2/c1-10-7-11(2)9-23(8-10)17-22-21-16(25-17)20-15-18-12-5-4-6-13(24-3)14(12)19-15/h4-6,10-11H,7-9H2,1-3H3,(H2,18,19,20,21)/t10-,11+. The van der Waals surface area contributed by atoms with Gasteiger partial charge in [-0.05, 0) is 30.4 Å². The summed E-state index contributed by atoms with van der Waals surface area (Å²) >= 11 is 0. The van der Waals surface area contributed by atoms with E-state index in [2.05, 4.69) is 44.2 Å². The van der Waals surface area contributed by atoms with Gasteiger partial charge in [0.05, 0.1) is 12.6 Å². The lowest BCUT2D eigenvalue weighted by Crippen LogP contribution is -2.38. The average Bonchev–Trinajstić information content (AvgIpc) is 3.20. The molecule has 1 saturated heterocycles. The van der Waals surface area contributed by atoms with Crippen molar-refractivity contribution in [2.45, 2.75) is 20.3 Å². The summed E-state index contributed by atoms with van der Waals surface area (Å²) in [5, 5.41) is 11.3. The first kappa shape index (κ1) is 15.7. The number of aromatic nitrogens is 4. The molecule has 0 spiro atoms. The molecule has 0 unspecified atom stereocenters. The van der Waals surface area contributed by atoms with Crippen molar-refractivity contribution in [1.29, 1.82) is 0 Å². The van der Waals surface area contributed by atoms with Gasteiger partial charge < -0.3 is 19.0 Å². The Kier molecular flexibility index (Phi) is 3.95. The zero-order valence-electron chi connectivity index (χ0n) is 14.6. The Morgan fingerprint density at radius 2 is 2.04 bits per heavy atom. The molecule has 1 aromatic carbocycles. The number of methoxy groups -OCH3 is 1. The van der Waals surface area contributed by atoms with Crippen molar-refractivity contribution in [2.24, 2.45) is 11.8 Å². The van der Waals surface area contributed by atoms with E-state index < -0.39 is 0 Å². The van der Waals surface area contributed by atoms with Crippen LogP contribution in [0.5, 0.6) is 5.75 Å². The van der Waals surface area contributed by atoms with Crippen LogP contribution in [0, 0.1) is 11.8 Å². The van der Waals surface area contributed by atoms with Crippen LogP contribution in [-0.2, 0) is 0 Å². The Morgan fingerprint density at radius 3 is 2.80 bits per heavy atom. The van der Waals surface area contributed by atoms with E-state index >= 15 is 0 Å². The maximum Gasteiger partial charge on any atom is 0.323 e. The van der Waals surface area contributed by atoms with Crippen molar-refractivity contribution in [3.63, 3.8) is 0 Å². The zero-order chi connectivity index (χ0) is 17.4. The number of rotatable bonds is 4. The number of nitrogens with zero attached hydrogens (tertiary/aromatic N) is 4. The van der Waals surface area contributed by atoms with E-state index in [0.717, 1.165) is 24.1 Å². The van der Waals surface area contributed by atoms with Crippen LogP contribution in [0.2, 0.25) is 0 Å². The lowest BCUT2D eigenvalue weighted by molar-refractivity contribution is 0.341. The third-order valence-electron chi connectivity index (χ3n) is 4.47. The molecule has 132 valence electrons. The average molecular weight is 342 g/mol. The van der Waals surface area contributed by atoms with Crippen LogP contribution >= 0.6 is 0 Å². The van der Waals surface area contributed by atoms with Gasteiger partial charge in [-0.3, -0.25) is 5.32 Å². The Morgan fingerprint density at radius 1 is 1.24 bits per heavy atom. The van der Waals surface area contributed by atoms with Gasteiger partial charge >= 0.3 is 12.0 Å². The molecule has 0 radical (unpaired) electrons. The first-order chi connectivity index (χ1) is 12.1. The van der Waals surface area contributed by atoms with Gasteiger partial charge in [0.1, 0.15) is 11.3 Å². The Bertz CT molecular complexity index is 863. The molecular formula is C17H22N6O2. The van der Waals surface area contributed by atoms with Gasteiger partial charge in [-0.25, -0.2) is 4.98 Å². The molecule has 3 aromatic rings. The van der Waals surface area contributed by atoms with Crippen LogP contribution in [0.1, 0.15) is 20.3 Å². The van der Waals surface area contributed by atoms with Gasteiger partial charge in [-0.2, -0.15) is 0 Å². The molecular weight excluding hydrogens is 320 g/mol. The van der Waals surface area contributed by atoms with E-state index in [1.165, 1.54) is 6.42 Å². The fourth-order valence-electron chi connectivity index (χ4n) is 3.54. The van der Waals surface area contributed by atoms with E-state index in [1.54, 1.807) is 7.11 Å². The molecule has 0 aliphatic carbocycles. The van der Waals surface area contributed by atoms with Crippen LogP contribution in [0.4, 0.5) is 18.0 Å². The highest BCUT2D eigenvalue weighted by molar-refractivity contribution is 5.83. The van der Waals surface area contributed by atoms with Gasteiger partial charge in [-0.1, -0.05) is 30.1 Å². The summed E-state index contributed by atoms with van der Waals surface area (Å²) < 4.78 is 11.1. The number of aromatic amines is 1. The number of hydrogen-bond acceptors (Lipinski definition) is 7. The monoisotopic (exact) mass is 342 g/mol. The number of hydrogen-bond donors (Lipinski definition) is 2. The zero-order valence-corrected chi connectivity index (χ0v) is 14.6. The number of ether oxygens (including phenoxy) is 1. The summed E-state index contributed by atoms with van der Waals surface area (Å²) in [5.74, 6) is 2.49. The topological polar surface area (TPSA) is 92.1 Å². The number of para-hydroxylation sites is 1. The fraction of sp³-hybridized carbons (Fsp3) is 0.471. The van der Waals surface area contributed by atoms with Crippen molar-refractivity contribution < 1.29 is 9.15 Å². The molecule has 0 bridgehead atoms. The summed E-state index contributed by atoms with van der Waals surface area (Å²) in [7, 11) is 1.63. The summed E-state index contributed by atoms with van der Waals surface area (Å²) in [5.41, 5.74) is 1.63. The minimum atomic E-state index is 0.318. The van der Waals surface area contributed by atoms with E-state index in [1.807, 2.05) is 18.2 Å². The third-order valence-corrected chi connectivity index (χ3v) is 4.47. The van der Waals surface area contributed by atoms with Crippen molar-refractivity contribution >= 4 is 29.0 Å². The largest absolute Gasteiger partial charge is 0.494 e. The second-order valence-corrected chi connectivity index (χ2v) is 6.81. The van der Waals surface area contributed by atoms with E-state index in [0.29, 0.717) is 35.6 Å². The van der Waals surface area contributed by atoms with Crippen LogP contribution in [0.25, 0.3) is 11.0 Å². The molecule has 1 aliphatic rings. The fourth-order valence-corrected chi connectivity index (χ4v) is 3.54. The summed E-state index contributed by atoms with van der Waals surface area (Å²) in [4.78, 5) is 9.82. The van der Waals surface area contributed by atoms with Crippen LogP contribution in [0.3, 0.4) is 0 Å². The maximum atomic E-state index is 5.78. The van der Waals surface area contributed by atoms with Crippen molar-refractivity contribution in [3.8, 4) is 5.75 Å². The molecule has 8 nitrogen and oxygen atoms in total. The Hall–Kier alpha value is -2.77. The van der Waals surface area contributed by atoms with Gasteiger partial charge in [0.25, 0.3) is 0 Å². The lowest BCUT2D eigenvalue weighted by atomic mass is 9.92. The predicted octanol–water partition coefficient (Wildman–Crippen LogP) is 3.18. The number of benzene rings is 1. The second-order valence-electron chi connectivity index (χ2n) is 6.81. The number of piperidine rings is 1. The molecule has 1 aliphatic heterocycles. The maximum absolute atomic E-state index is 5.78. The molecule has 2 atom stereocenters. The lowest BCUT2D eigenvalue weighted by Gasteiger charge is -2.33. The first-order valence-corrected chi connectivity index (χ1v) is 8.50. The molecule has 2 aromatic heterocycles. The highest BCUT2D eigenvalue weighted by atomic mass is 16.5. The van der Waals surface area contributed by atoms with Gasteiger partial charge in [0.2, 0.25) is 5.95 Å². The summed E-state index contributed by atoms with van der Waals surface area (Å²) in [6.07, 6.45) is 1.23. The van der Waals surface area contributed by atoms with Crippen molar-refractivity contribution in [2.75, 3.05) is 30.4 Å². The molecule has 25 heavy (non-hydrogen) atoms. The molecule has 0 saturated carbocycles. The van der Waals surface area contributed by atoms with E-state index in [9.17, 15) is 0 Å². The van der Waals surface area contributed by atoms with Crippen molar-refractivity contribution in [1.82, 2.24) is 20.2 Å². The van der Waals surface area contributed by atoms with Crippen LogP contribution in [-0.4, -0.2) is 40.4 Å². The second kappa shape index (κ2) is 6.27. The SMILES string of the molecule is COc1cccc2[nH]c(Nc3nnc(N4C[C@H](C)C[C@H](C)C4)o3)nc12. The smallest absolute Gasteiger partial charge is 0.323 e. The van der Waals surface area contributed by atoms with E-state index in [-0.39, 0.29) is 0 Å². The molecule has 4 rings (SSSR count). The Balaban J connectivity index is 1.53. The first-order valence-electron chi connectivity index (χ1n) is 8.50. The van der Waals surface area contributed by atoms with Crippen LogP contribution < -0.4 is 15.0 Å². The van der Waals surface area contributed by atoms with Crippen LogP contribution in [0.15, 0.2) is 22.6 Å².